The molecule has 0 saturated carbocycles. The number of hydrogen-bond acceptors (Lipinski definition) is 2. The number of benzene rings is 1. The quantitative estimate of drug-likeness (QED) is 0.872. The minimum atomic E-state index is -0.378. The van der Waals surface area contributed by atoms with Crippen molar-refractivity contribution in [1.82, 2.24) is 5.32 Å². The first-order valence-corrected chi connectivity index (χ1v) is 7.25. The maximum Gasteiger partial charge on any atom is 0.220 e. The fourth-order valence-electron chi connectivity index (χ4n) is 1.79. The van der Waals surface area contributed by atoms with Gasteiger partial charge in [-0.2, -0.15) is 0 Å². The third kappa shape index (κ3) is 5.74. The van der Waals surface area contributed by atoms with Crippen molar-refractivity contribution < 1.29 is 4.79 Å². The zero-order chi connectivity index (χ0) is 14.7. The topological polar surface area (TPSA) is 55.1 Å². The molecule has 4 heteroatoms. The SMILES string of the molecule is CC(C)(N)CCC(=O)NC(C)(C)c1ccc(Br)cc1. The number of rotatable bonds is 5. The summed E-state index contributed by atoms with van der Waals surface area (Å²) in [6.45, 7) is 7.86. The number of carbonyl (C=O) groups excluding carboxylic acids is 1. The molecule has 19 heavy (non-hydrogen) atoms. The van der Waals surface area contributed by atoms with Gasteiger partial charge in [-0.3, -0.25) is 4.79 Å². The first-order valence-electron chi connectivity index (χ1n) is 6.46. The molecule has 1 rings (SSSR count). The minimum Gasteiger partial charge on any atom is -0.347 e. The molecule has 0 fully saturated rings. The van der Waals surface area contributed by atoms with Crippen molar-refractivity contribution in [3.05, 3.63) is 34.3 Å². The summed E-state index contributed by atoms with van der Waals surface area (Å²) < 4.78 is 1.03. The van der Waals surface area contributed by atoms with Crippen molar-refractivity contribution in [2.45, 2.75) is 51.6 Å². The van der Waals surface area contributed by atoms with Gasteiger partial charge in [0.15, 0.2) is 0 Å². The summed E-state index contributed by atoms with van der Waals surface area (Å²) >= 11 is 3.41. The van der Waals surface area contributed by atoms with Crippen LogP contribution in [0.15, 0.2) is 28.7 Å². The lowest BCUT2D eigenvalue weighted by atomic mass is 9.93. The van der Waals surface area contributed by atoms with E-state index in [1.54, 1.807) is 0 Å². The summed E-state index contributed by atoms with van der Waals surface area (Å²) in [6, 6.07) is 7.98. The van der Waals surface area contributed by atoms with Gasteiger partial charge in [-0.1, -0.05) is 28.1 Å². The Morgan fingerprint density at radius 1 is 1.21 bits per heavy atom. The molecule has 0 aliphatic carbocycles. The second-order valence-corrected chi connectivity index (χ2v) is 7.08. The van der Waals surface area contributed by atoms with E-state index in [4.69, 9.17) is 5.73 Å². The second kappa shape index (κ2) is 6.06. The van der Waals surface area contributed by atoms with Crippen LogP contribution in [0.2, 0.25) is 0 Å². The average Bonchev–Trinajstić information content (AvgIpc) is 2.25. The fraction of sp³-hybridized carbons (Fsp3) is 0.533. The van der Waals surface area contributed by atoms with Crippen molar-refractivity contribution in [3.63, 3.8) is 0 Å². The van der Waals surface area contributed by atoms with Crippen molar-refractivity contribution in [2.75, 3.05) is 0 Å². The molecule has 0 aliphatic heterocycles. The average molecular weight is 327 g/mol. The predicted molar refractivity (Wildman–Crippen MR) is 82.8 cm³/mol. The molecule has 0 heterocycles. The van der Waals surface area contributed by atoms with Crippen LogP contribution in [0, 0.1) is 0 Å². The van der Waals surface area contributed by atoms with Gasteiger partial charge >= 0.3 is 0 Å². The molecule has 0 aromatic heterocycles. The Hall–Kier alpha value is -0.870. The van der Waals surface area contributed by atoms with E-state index in [0.29, 0.717) is 12.8 Å². The largest absolute Gasteiger partial charge is 0.347 e. The first kappa shape index (κ1) is 16.2. The molecule has 0 spiro atoms. The summed E-state index contributed by atoms with van der Waals surface area (Å²) in [6.07, 6.45) is 1.12. The van der Waals surface area contributed by atoms with Crippen LogP contribution in [0.4, 0.5) is 0 Å². The predicted octanol–water partition coefficient (Wildman–Crippen LogP) is 3.32. The molecule has 3 N–H and O–H groups in total. The van der Waals surface area contributed by atoms with Crippen LogP contribution in [0.3, 0.4) is 0 Å². The van der Waals surface area contributed by atoms with Crippen LogP contribution in [-0.4, -0.2) is 11.4 Å². The second-order valence-electron chi connectivity index (χ2n) is 6.17. The van der Waals surface area contributed by atoms with Gasteiger partial charge in [0.05, 0.1) is 5.54 Å². The van der Waals surface area contributed by atoms with Crippen LogP contribution in [0.5, 0.6) is 0 Å². The van der Waals surface area contributed by atoms with Crippen molar-refractivity contribution in [1.29, 1.82) is 0 Å². The van der Waals surface area contributed by atoms with Crippen LogP contribution >= 0.6 is 15.9 Å². The maximum absolute atomic E-state index is 12.0. The maximum atomic E-state index is 12.0. The molecular formula is C15H23BrN2O. The standard InChI is InChI=1S/C15H23BrN2O/c1-14(2,17)10-9-13(19)18-15(3,4)11-5-7-12(16)8-6-11/h5-8H,9-10,17H2,1-4H3,(H,18,19). The Morgan fingerprint density at radius 2 is 1.74 bits per heavy atom. The highest BCUT2D eigenvalue weighted by Crippen LogP contribution is 2.22. The molecule has 1 aromatic carbocycles. The van der Waals surface area contributed by atoms with E-state index in [1.807, 2.05) is 52.0 Å². The molecule has 0 bridgehead atoms. The molecule has 1 amide bonds. The normalized spacial score (nSPS) is 12.3. The highest BCUT2D eigenvalue weighted by atomic mass is 79.9. The molecule has 0 unspecified atom stereocenters. The highest BCUT2D eigenvalue weighted by Gasteiger charge is 2.23. The lowest BCUT2D eigenvalue weighted by Crippen LogP contribution is -2.42. The van der Waals surface area contributed by atoms with Gasteiger partial charge in [0.1, 0.15) is 0 Å². The van der Waals surface area contributed by atoms with E-state index < -0.39 is 0 Å². The Balaban J connectivity index is 2.64. The van der Waals surface area contributed by atoms with E-state index >= 15 is 0 Å². The van der Waals surface area contributed by atoms with Gasteiger partial charge in [0, 0.05) is 16.4 Å². The van der Waals surface area contributed by atoms with Crippen LogP contribution < -0.4 is 11.1 Å². The third-order valence-electron chi connectivity index (χ3n) is 3.01. The summed E-state index contributed by atoms with van der Waals surface area (Å²) in [4.78, 5) is 12.0. The number of nitrogens with one attached hydrogen (secondary N) is 1. The molecule has 106 valence electrons. The van der Waals surface area contributed by atoms with Gasteiger partial charge in [-0.05, 0) is 51.8 Å². The monoisotopic (exact) mass is 326 g/mol. The Kier molecular flexibility index (Phi) is 5.16. The Morgan fingerprint density at radius 3 is 2.21 bits per heavy atom. The van der Waals surface area contributed by atoms with Gasteiger partial charge in [0.25, 0.3) is 0 Å². The van der Waals surface area contributed by atoms with Crippen molar-refractivity contribution >= 4 is 21.8 Å². The number of nitrogens with two attached hydrogens (primary N) is 1. The van der Waals surface area contributed by atoms with E-state index in [-0.39, 0.29) is 17.0 Å². The van der Waals surface area contributed by atoms with E-state index in [0.717, 1.165) is 10.0 Å². The van der Waals surface area contributed by atoms with Gasteiger partial charge in [-0.25, -0.2) is 0 Å². The van der Waals surface area contributed by atoms with Crippen LogP contribution in [-0.2, 0) is 10.3 Å². The summed E-state index contributed by atoms with van der Waals surface area (Å²) in [7, 11) is 0. The van der Waals surface area contributed by atoms with E-state index in [9.17, 15) is 4.79 Å². The molecule has 0 saturated heterocycles. The number of halogens is 1. The van der Waals surface area contributed by atoms with Crippen LogP contribution in [0.25, 0.3) is 0 Å². The lowest BCUT2D eigenvalue weighted by Gasteiger charge is -2.28. The van der Waals surface area contributed by atoms with Gasteiger partial charge < -0.3 is 11.1 Å². The molecule has 0 radical (unpaired) electrons. The van der Waals surface area contributed by atoms with Crippen LogP contribution in [0.1, 0.15) is 46.1 Å². The number of amides is 1. The fourth-order valence-corrected chi connectivity index (χ4v) is 2.05. The smallest absolute Gasteiger partial charge is 0.220 e. The zero-order valence-electron chi connectivity index (χ0n) is 12.1. The molecule has 0 atom stereocenters. The Labute approximate surface area is 124 Å². The lowest BCUT2D eigenvalue weighted by molar-refractivity contribution is -0.123. The third-order valence-corrected chi connectivity index (χ3v) is 3.54. The number of hydrogen-bond donors (Lipinski definition) is 2. The molecular weight excluding hydrogens is 304 g/mol. The molecule has 0 aliphatic rings. The zero-order valence-corrected chi connectivity index (χ0v) is 13.7. The number of carbonyl (C=O) groups is 1. The molecule has 3 nitrogen and oxygen atoms in total. The molecule has 1 aromatic rings. The van der Waals surface area contributed by atoms with Crippen molar-refractivity contribution in [3.8, 4) is 0 Å². The summed E-state index contributed by atoms with van der Waals surface area (Å²) in [5.74, 6) is 0.0337. The van der Waals surface area contributed by atoms with Gasteiger partial charge in [0.2, 0.25) is 5.91 Å². The minimum absolute atomic E-state index is 0.0337. The summed E-state index contributed by atoms with van der Waals surface area (Å²) in [5, 5.41) is 3.05. The van der Waals surface area contributed by atoms with E-state index in [2.05, 4.69) is 21.2 Å². The Bertz CT molecular complexity index is 432. The summed E-state index contributed by atoms with van der Waals surface area (Å²) in [5.41, 5.74) is 6.28. The van der Waals surface area contributed by atoms with Gasteiger partial charge in [-0.15, -0.1) is 0 Å². The van der Waals surface area contributed by atoms with E-state index in [1.165, 1.54) is 0 Å². The highest BCUT2D eigenvalue weighted by molar-refractivity contribution is 9.10. The first-order chi connectivity index (χ1) is 8.60. The van der Waals surface area contributed by atoms with Crippen molar-refractivity contribution in [2.24, 2.45) is 5.73 Å².